The fraction of sp³-hybridized carbons (Fsp3) is 0.538. The third kappa shape index (κ3) is 2.68. The predicted octanol–water partition coefficient (Wildman–Crippen LogP) is 1.39. The van der Waals surface area contributed by atoms with Gasteiger partial charge in [-0.1, -0.05) is 6.92 Å². The summed E-state index contributed by atoms with van der Waals surface area (Å²) in [6, 6.07) is 3.13. The second kappa shape index (κ2) is 5.36. The third-order valence-corrected chi connectivity index (χ3v) is 4.01. The molecular weight excluding hydrogens is 315 g/mol. The molecule has 3 heterocycles. The van der Waals surface area contributed by atoms with Gasteiger partial charge in [0, 0.05) is 19.5 Å². The lowest BCUT2D eigenvalue weighted by Crippen LogP contribution is -2.33. The summed E-state index contributed by atoms with van der Waals surface area (Å²) in [6.45, 7) is 1.20. The highest BCUT2D eigenvalue weighted by Gasteiger charge is 2.52. The average Bonchev–Trinajstić information content (AvgIpc) is 3.10. The number of carboxylic acids is 1. The van der Waals surface area contributed by atoms with Crippen LogP contribution in [-0.2, 0) is 11.2 Å². The molecule has 3 rings (SSSR count). The Kier molecular flexibility index (Phi) is 3.61. The molecule has 7 nitrogen and oxygen atoms in total. The number of hydrogen-bond donors (Lipinski definition) is 1. The van der Waals surface area contributed by atoms with Gasteiger partial charge in [-0.25, -0.2) is 0 Å². The van der Waals surface area contributed by atoms with Crippen LogP contribution in [0, 0.1) is 11.8 Å². The topological polar surface area (TPSA) is 83.6 Å². The van der Waals surface area contributed by atoms with Crippen molar-refractivity contribution in [1.29, 1.82) is 0 Å². The molecule has 1 N–H and O–H groups in total. The normalized spacial score (nSPS) is 22.0. The summed E-state index contributed by atoms with van der Waals surface area (Å²) in [5, 5.41) is 21.2. The maximum Gasteiger partial charge on any atom is 0.394 e. The number of halogens is 3. The van der Waals surface area contributed by atoms with Gasteiger partial charge in [0.1, 0.15) is 5.82 Å². The lowest BCUT2D eigenvalue weighted by molar-refractivity contribution is -0.187. The first kappa shape index (κ1) is 15.5. The third-order valence-electron chi connectivity index (χ3n) is 4.01. The molecule has 1 saturated heterocycles. The molecule has 2 aromatic rings. The number of anilines is 1. The van der Waals surface area contributed by atoms with E-state index in [2.05, 4.69) is 15.3 Å². The molecule has 0 spiro atoms. The number of aromatic nitrogens is 4. The van der Waals surface area contributed by atoms with Crippen LogP contribution in [0.15, 0.2) is 12.1 Å². The van der Waals surface area contributed by atoms with Gasteiger partial charge in [0.25, 0.3) is 0 Å². The van der Waals surface area contributed by atoms with Crippen molar-refractivity contribution in [2.75, 3.05) is 18.0 Å². The number of carboxylic acid groups (broad SMARTS) is 1. The van der Waals surface area contributed by atoms with Gasteiger partial charge in [0.05, 0.1) is 11.8 Å². The molecule has 10 heteroatoms. The van der Waals surface area contributed by atoms with E-state index in [0.29, 0.717) is 17.9 Å². The van der Waals surface area contributed by atoms with E-state index in [1.54, 1.807) is 6.07 Å². The molecule has 0 aromatic carbocycles. The molecule has 1 fully saturated rings. The van der Waals surface area contributed by atoms with E-state index in [4.69, 9.17) is 5.11 Å². The monoisotopic (exact) mass is 329 g/mol. The van der Waals surface area contributed by atoms with Gasteiger partial charge in [-0.15, -0.1) is 15.3 Å². The van der Waals surface area contributed by atoms with Gasteiger partial charge in [0.2, 0.25) is 0 Å². The molecule has 0 aliphatic carbocycles. The number of carbonyl (C=O) groups is 1. The van der Waals surface area contributed by atoms with Crippen molar-refractivity contribution in [2.45, 2.75) is 19.5 Å². The number of nitrogens with zero attached hydrogens (tertiary/aromatic N) is 5. The van der Waals surface area contributed by atoms with Gasteiger partial charge in [-0.3, -0.25) is 4.79 Å². The summed E-state index contributed by atoms with van der Waals surface area (Å²) < 4.78 is 40.6. The van der Waals surface area contributed by atoms with Crippen molar-refractivity contribution in [3.05, 3.63) is 18.0 Å². The Labute approximate surface area is 128 Å². The first-order valence-electron chi connectivity index (χ1n) is 7.07. The van der Waals surface area contributed by atoms with Crippen molar-refractivity contribution in [1.82, 2.24) is 19.8 Å². The van der Waals surface area contributed by atoms with E-state index >= 15 is 0 Å². The van der Waals surface area contributed by atoms with E-state index < -0.39 is 30.5 Å². The van der Waals surface area contributed by atoms with Crippen LogP contribution >= 0.6 is 0 Å². The van der Waals surface area contributed by atoms with Crippen molar-refractivity contribution in [3.8, 4) is 0 Å². The Morgan fingerprint density at radius 1 is 1.35 bits per heavy atom. The molecule has 2 aromatic heterocycles. The SMILES string of the molecule is CCc1nnc2ccc(N3C[C@@H](C(F)(F)F)[C@H](C(=O)O)C3)nn12. The lowest BCUT2D eigenvalue weighted by atomic mass is 9.96. The van der Waals surface area contributed by atoms with Gasteiger partial charge >= 0.3 is 12.1 Å². The van der Waals surface area contributed by atoms with Gasteiger partial charge in [0.15, 0.2) is 11.5 Å². The fourth-order valence-corrected chi connectivity index (χ4v) is 2.79. The van der Waals surface area contributed by atoms with E-state index in [0.717, 1.165) is 0 Å². The zero-order valence-corrected chi connectivity index (χ0v) is 12.2. The van der Waals surface area contributed by atoms with Crippen molar-refractivity contribution in [2.24, 2.45) is 11.8 Å². The molecule has 0 radical (unpaired) electrons. The summed E-state index contributed by atoms with van der Waals surface area (Å²) in [6.07, 6.45) is -3.99. The molecule has 2 atom stereocenters. The molecular formula is C13H14F3N5O2. The maximum atomic E-state index is 13.0. The van der Waals surface area contributed by atoms with Crippen LogP contribution in [0.1, 0.15) is 12.7 Å². The number of aliphatic carboxylic acids is 1. The lowest BCUT2D eigenvalue weighted by Gasteiger charge is -2.18. The Hall–Kier alpha value is -2.39. The van der Waals surface area contributed by atoms with Crippen LogP contribution in [0.4, 0.5) is 19.0 Å². The van der Waals surface area contributed by atoms with Crippen LogP contribution < -0.4 is 4.90 Å². The van der Waals surface area contributed by atoms with Crippen molar-refractivity contribution in [3.63, 3.8) is 0 Å². The van der Waals surface area contributed by atoms with Gasteiger partial charge in [-0.2, -0.15) is 17.7 Å². The van der Waals surface area contributed by atoms with E-state index in [1.807, 2.05) is 6.92 Å². The molecule has 0 amide bonds. The minimum Gasteiger partial charge on any atom is -0.481 e. The number of hydrogen-bond acceptors (Lipinski definition) is 5. The highest BCUT2D eigenvalue weighted by Crippen LogP contribution is 2.38. The quantitative estimate of drug-likeness (QED) is 0.916. The van der Waals surface area contributed by atoms with Crippen LogP contribution in [0.3, 0.4) is 0 Å². The minimum atomic E-state index is -4.56. The maximum absolute atomic E-state index is 13.0. The second-order valence-electron chi connectivity index (χ2n) is 5.43. The summed E-state index contributed by atoms with van der Waals surface area (Å²) in [5.41, 5.74) is 0.493. The summed E-state index contributed by atoms with van der Waals surface area (Å²) in [4.78, 5) is 12.5. The molecule has 0 unspecified atom stereocenters. The molecule has 124 valence electrons. The number of fused-ring (bicyclic) bond motifs is 1. The van der Waals surface area contributed by atoms with E-state index in [1.165, 1.54) is 15.5 Å². The first-order valence-corrected chi connectivity index (χ1v) is 7.07. The zero-order valence-electron chi connectivity index (χ0n) is 12.2. The summed E-state index contributed by atoms with van der Waals surface area (Å²) >= 11 is 0. The Morgan fingerprint density at radius 2 is 2.09 bits per heavy atom. The fourth-order valence-electron chi connectivity index (χ4n) is 2.79. The van der Waals surface area contributed by atoms with Gasteiger partial charge in [-0.05, 0) is 12.1 Å². The van der Waals surface area contributed by atoms with Gasteiger partial charge < -0.3 is 10.0 Å². The van der Waals surface area contributed by atoms with E-state index in [9.17, 15) is 18.0 Å². The number of rotatable bonds is 3. The van der Waals surface area contributed by atoms with Crippen LogP contribution in [-0.4, -0.2) is 50.2 Å². The van der Waals surface area contributed by atoms with Crippen molar-refractivity contribution >= 4 is 17.4 Å². The average molecular weight is 329 g/mol. The zero-order chi connectivity index (χ0) is 16.8. The van der Waals surface area contributed by atoms with Crippen LogP contribution in [0.25, 0.3) is 5.65 Å². The van der Waals surface area contributed by atoms with Crippen LogP contribution in [0.2, 0.25) is 0 Å². The first-order chi connectivity index (χ1) is 10.8. The molecule has 1 aliphatic rings. The highest BCUT2D eigenvalue weighted by atomic mass is 19.4. The van der Waals surface area contributed by atoms with E-state index in [-0.39, 0.29) is 12.4 Å². The predicted molar refractivity (Wildman–Crippen MR) is 73.0 cm³/mol. The summed E-state index contributed by atoms with van der Waals surface area (Å²) in [7, 11) is 0. The van der Waals surface area contributed by atoms with Crippen molar-refractivity contribution < 1.29 is 23.1 Å². The molecule has 1 aliphatic heterocycles. The number of alkyl halides is 3. The number of aryl methyl sites for hydroxylation is 1. The second-order valence-corrected chi connectivity index (χ2v) is 5.43. The molecule has 0 saturated carbocycles. The Balaban J connectivity index is 1.94. The van der Waals surface area contributed by atoms with Crippen LogP contribution in [0.5, 0.6) is 0 Å². The smallest absolute Gasteiger partial charge is 0.394 e. The standard InChI is InChI=1S/C13H14F3N5O2/c1-2-9-17-18-10-3-4-11(19-21(9)10)20-5-7(12(22)23)8(6-20)13(14,15)16/h3-4,7-8H,2,5-6H2,1H3,(H,22,23)/t7-,8-/m1/s1. The Bertz CT molecular complexity index is 745. The summed E-state index contributed by atoms with van der Waals surface area (Å²) in [5.74, 6) is -3.99. The minimum absolute atomic E-state index is 0.235. The largest absolute Gasteiger partial charge is 0.481 e. The highest BCUT2D eigenvalue weighted by molar-refractivity contribution is 5.72. The molecule has 23 heavy (non-hydrogen) atoms. The Morgan fingerprint density at radius 3 is 2.65 bits per heavy atom. The molecule has 0 bridgehead atoms.